The summed E-state index contributed by atoms with van der Waals surface area (Å²) >= 11 is 1.10. The molecular formula is C20H20F3N5O4S. The van der Waals surface area contributed by atoms with Crippen LogP contribution in [-0.4, -0.2) is 61.5 Å². The maximum atomic E-state index is 13.4. The van der Waals surface area contributed by atoms with Crippen LogP contribution in [0.3, 0.4) is 0 Å². The summed E-state index contributed by atoms with van der Waals surface area (Å²) in [6, 6.07) is 2.65. The standard InChI is InChI=1S/C20H20F3N5O4S/c1-24-15(29)16(30)27-6-5-19(9-27)10-28(18(31)26-17-25-8-14(32-2)33-17)13-4-3-11(7-12(13)19)20(21,22)23/h3-4,7-8H,5-6,9-10H2,1-2H3,(H,24,29)(H,25,26,31). The Kier molecular flexibility index (Phi) is 5.68. The number of ether oxygens (including phenoxy) is 1. The Bertz CT molecular complexity index is 1120. The number of methoxy groups -OCH3 is 1. The number of likely N-dealkylation sites (tertiary alicyclic amines) is 1. The number of aromatic nitrogens is 1. The number of amides is 4. The van der Waals surface area contributed by atoms with Crippen LogP contribution < -0.4 is 20.3 Å². The van der Waals surface area contributed by atoms with Gasteiger partial charge in [0, 0.05) is 37.8 Å². The first-order valence-corrected chi connectivity index (χ1v) is 10.7. The van der Waals surface area contributed by atoms with Gasteiger partial charge < -0.3 is 15.0 Å². The molecule has 1 saturated heterocycles. The fourth-order valence-corrected chi connectivity index (χ4v) is 4.87. The molecule has 1 spiro atoms. The number of hydrogen-bond acceptors (Lipinski definition) is 6. The second-order valence-corrected chi connectivity index (χ2v) is 8.76. The Balaban J connectivity index is 1.67. The number of anilines is 2. The lowest BCUT2D eigenvalue weighted by molar-refractivity contribution is -0.145. The van der Waals surface area contributed by atoms with Gasteiger partial charge in [0.15, 0.2) is 10.2 Å². The monoisotopic (exact) mass is 483 g/mol. The van der Waals surface area contributed by atoms with Gasteiger partial charge in [0.1, 0.15) is 0 Å². The summed E-state index contributed by atoms with van der Waals surface area (Å²) < 4.78 is 45.4. The van der Waals surface area contributed by atoms with E-state index in [1.165, 1.54) is 36.2 Å². The maximum absolute atomic E-state index is 13.4. The van der Waals surface area contributed by atoms with Crippen LogP contribution in [0.15, 0.2) is 24.4 Å². The third-order valence-electron chi connectivity index (χ3n) is 5.85. The number of likely N-dealkylation sites (N-methyl/N-ethyl adjacent to an activating group) is 1. The van der Waals surface area contributed by atoms with Gasteiger partial charge in [-0.2, -0.15) is 13.2 Å². The fourth-order valence-electron chi connectivity index (χ4n) is 4.24. The van der Waals surface area contributed by atoms with E-state index >= 15 is 0 Å². The SMILES string of the molecule is CNC(=O)C(=O)N1CCC2(C1)CN(C(=O)Nc1ncc(OC)s1)c1ccc(C(F)(F)F)cc12. The normalized spacial score (nSPS) is 19.5. The topological polar surface area (TPSA) is 104 Å². The summed E-state index contributed by atoms with van der Waals surface area (Å²) in [6.07, 6.45) is -2.83. The summed E-state index contributed by atoms with van der Waals surface area (Å²) in [4.78, 5) is 43.9. The van der Waals surface area contributed by atoms with Crippen LogP contribution >= 0.6 is 11.3 Å². The molecule has 13 heteroatoms. The molecule has 3 heterocycles. The molecule has 0 saturated carbocycles. The minimum absolute atomic E-state index is 0.0163. The van der Waals surface area contributed by atoms with Gasteiger partial charge in [0.2, 0.25) is 0 Å². The van der Waals surface area contributed by atoms with Gasteiger partial charge in [0.25, 0.3) is 0 Å². The van der Waals surface area contributed by atoms with Crippen molar-refractivity contribution < 1.29 is 32.3 Å². The van der Waals surface area contributed by atoms with Crippen LogP contribution in [0.5, 0.6) is 5.06 Å². The summed E-state index contributed by atoms with van der Waals surface area (Å²) in [5.74, 6) is -1.57. The summed E-state index contributed by atoms with van der Waals surface area (Å²) in [6.45, 7) is 0.249. The zero-order valence-corrected chi connectivity index (χ0v) is 18.5. The zero-order valence-electron chi connectivity index (χ0n) is 17.7. The Morgan fingerprint density at radius 3 is 2.64 bits per heavy atom. The highest BCUT2D eigenvalue weighted by atomic mass is 32.1. The average molecular weight is 483 g/mol. The van der Waals surface area contributed by atoms with E-state index in [-0.39, 0.29) is 24.8 Å². The molecule has 1 aromatic heterocycles. The Labute approximate surface area is 190 Å². The molecular weight excluding hydrogens is 463 g/mol. The summed E-state index contributed by atoms with van der Waals surface area (Å²) in [5.41, 5.74) is -1.14. The van der Waals surface area contributed by atoms with Crippen molar-refractivity contribution in [3.63, 3.8) is 0 Å². The third kappa shape index (κ3) is 4.08. The number of carbonyl (C=O) groups is 3. The first kappa shape index (κ1) is 22.8. The van der Waals surface area contributed by atoms with Crippen LogP contribution in [-0.2, 0) is 21.2 Å². The highest BCUT2D eigenvalue weighted by Gasteiger charge is 2.51. The minimum Gasteiger partial charge on any atom is -0.486 e. The lowest BCUT2D eigenvalue weighted by Crippen LogP contribution is -2.44. The van der Waals surface area contributed by atoms with Crippen LogP contribution in [0.4, 0.5) is 28.8 Å². The first-order chi connectivity index (χ1) is 15.6. The molecule has 0 radical (unpaired) electrons. The molecule has 2 aliphatic heterocycles. The predicted molar refractivity (Wildman–Crippen MR) is 113 cm³/mol. The molecule has 1 aromatic carbocycles. The number of rotatable bonds is 2. The summed E-state index contributed by atoms with van der Waals surface area (Å²) in [7, 11) is 2.79. The van der Waals surface area contributed by atoms with Crippen LogP contribution in [0.1, 0.15) is 17.5 Å². The summed E-state index contributed by atoms with van der Waals surface area (Å²) in [5, 5.41) is 5.66. The lowest BCUT2D eigenvalue weighted by Gasteiger charge is -2.25. The van der Waals surface area contributed by atoms with Gasteiger partial charge in [-0.3, -0.25) is 19.8 Å². The van der Waals surface area contributed by atoms with Crippen molar-refractivity contribution in [2.45, 2.75) is 18.0 Å². The van der Waals surface area contributed by atoms with Crippen LogP contribution in [0, 0.1) is 0 Å². The van der Waals surface area contributed by atoms with Crippen molar-refractivity contribution >= 4 is 40.0 Å². The number of halogens is 3. The van der Waals surface area contributed by atoms with Gasteiger partial charge in [-0.1, -0.05) is 11.3 Å². The van der Waals surface area contributed by atoms with E-state index in [1.807, 2.05) is 0 Å². The van der Waals surface area contributed by atoms with E-state index in [1.54, 1.807) is 0 Å². The van der Waals surface area contributed by atoms with E-state index in [4.69, 9.17) is 4.74 Å². The number of nitrogens with one attached hydrogen (secondary N) is 2. The molecule has 2 N–H and O–H groups in total. The predicted octanol–water partition coefficient (Wildman–Crippen LogP) is 2.44. The zero-order chi connectivity index (χ0) is 24.0. The van der Waals surface area contributed by atoms with Gasteiger partial charge in [0.05, 0.1) is 18.9 Å². The Morgan fingerprint density at radius 1 is 1.24 bits per heavy atom. The molecule has 2 aromatic rings. The van der Waals surface area contributed by atoms with E-state index < -0.39 is 35.0 Å². The number of carbonyl (C=O) groups excluding carboxylic acids is 3. The van der Waals surface area contributed by atoms with Gasteiger partial charge in [-0.15, -0.1) is 0 Å². The number of nitrogens with zero attached hydrogens (tertiary/aromatic N) is 3. The number of benzene rings is 1. The highest BCUT2D eigenvalue weighted by Crippen LogP contribution is 2.48. The van der Waals surface area contributed by atoms with Gasteiger partial charge >= 0.3 is 24.0 Å². The number of thiazole rings is 1. The van der Waals surface area contributed by atoms with Crippen molar-refractivity contribution in [1.29, 1.82) is 0 Å². The molecule has 4 rings (SSSR count). The van der Waals surface area contributed by atoms with Gasteiger partial charge in [-0.25, -0.2) is 9.78 Å². The molecule has 33 heavy (non-hydrogen) atoms. The first-order valence-electron chi connectivity index (χ1n) is 9.89. The van der Waals surface area contributed by atoms with Gasteiger partial charge in [-0.05, 0) is 30.2 Å². The molecule has 4 amide bonds. The smallest absolute Gasteiger partial charge is 0.416 e. The van der Waals surface area contributed by atoms with Crippen molar-refractivity contribution in [3.8, 4) is 5.06 Å². The van der Waals surface area contributed by atoms with E-state index in [0.717, 1.165) is 23.5 Å². The number of urea groups is 1. The molecule has 1 atom stereocenters. The fraction of sp³-hybridized carbons (Fsp3) is 0.400. The second-order valence-electron chi connectivity index (χ2n) is 7.77. The minimum atomic E-state index is -4.57. The molecule has 176 valence electrons. The molecule has 0 aliphatic carbocycles. The molecule has 9 nitrogen and oxygen atoms in total. The number of hydrogen-bond donors (Lipinski definition) is 2. The number of fused-ring (bicyclic) bond motifs is 2. The lowest BCUT2D eigenvalue weighted by atomic mass is 9.81. The second kappa shape index (κ2) is 8.21. The van der Waals surface area contributed by atoms with Crippen molar-refractivity contribution in [2.24, 2.45) is 0 Å². The van der Waals surface area contributed by atoms with Crippen molar-refractivity contribution in [2.75, 3.05) is 44.0 Å². The Hall–Kier alpha value is -3.35. The van der Waals surface area contributed by atoms with E-state index in [9.17, 15) is 27.6 Å². The molecule has 2 aliphatic rings. The van der Waals surface area contributed by atoms with Crippen molar-refractivity contribution in [3.05, 3.63) is 35.5 Å². The average Bonchev–Trinajstić information content (AvgIpc) is 3.50. The van der Waals surface area contributed by atoms with E-state index in [2.05, 4.69) is 15.6 Å². The molecule has 0 bridgehead atoms. The van der Waals surface area contributed by atoms with Crippen molar-refractivity contribution in [1.82, 2.24) is 15.2 Å². The Morgan fingerprint density at radius 2 is 2.00 bits per heavy atom. The van der Waals surface area contributed by atoms with Crippen LogP contribution in [0.2, 0.25) is 0 Å². The molecule has 1 unspecified atom stereocenters. The third-order valence-corrected chi connectivity index (χ3v) is 6.73. The maximum Gasteiger partial charge on any atom is 0.416 e. The number of alkyl halides is 3. The highest BCUT2D eigenvalue weighted by molar-refractivity contribution is 7.17. The van der Waals surface area contributed by atoms with Crippen LogP contribution in [0.25, 0.3) is 0 Å². The molecule has 1 fully saturated rings. The van der Waals surface area contributed by atoms with E-state index in [0.29, 0.717) is 22.7 Å². The largest absolute Gasteiger partial charge is 0.486 e. The quantitative estimate of drug-likeness (QED) is 0.639.